The van der Waals surface area contributed by atoms with Crippen molar-refractivity contribution in [2.75, 3.05) is 69.7 Å². The first-order chi connectivity index (χ1) is 29.1. The zero-order valence-corrected chi connectivity index (χ0v) is 35.1. The largest absolute Gasteiger partial charge is 0.508 e. The van der Waals surface area contributed by atoms with Gasteiger partial charge in [0.1, 0.15) is 11.5 Å². The van der Waals surface area contributed by atoms with Crippen LogP contribution in [0, 0.1) is 11.8 Å². The number of carbonyl (C=O) groups excluding carboxylic acids is 2. The Hall–Kier alpha value is -5.39. The summed E-state index contributed by atoms with van der Waals surface area (Å²) in [5.74, 6) is 1.99. The van der Waals surface area contributed by atoms with E-state index in [1.807, 2.05) is 18.5 Å². The number of anilines is 2. The third-order valence-electron chi connectivity index (χ3n) is 12.5. The van der Waals surface area contributed by atoms with Crippen LogP contribution in [0.25, 0.3) is 21.6 Å². The lowest BCUT2D eigenvalue weighted by Gasteiger charge is -2.37. The zero-order valence-electron chi connectivity index (χ0n) is 34.3. The van der Waals surface area contributed by atoms with Gasteiger partial charge in [-0.25, -0.2) is 19.9 Å². The van der Waals surface area contributed by atoms with Crippen molar-refractivity contribution in [3.8, 4) is 22.9 Å². The Morgan fingerprint density at radius 3 is 2.40 bits per heavy atom. The number of hydrogen-bond acceptors (Lipinski definition) is 14. The Morgan fingerprint density at radius 1 is 0.917 bits per heavy atom. The van der Waals surface area contributed by atoms with Gasteiger partial charge in [0, 0.05) is 81.3 Å². The first-order valence-electron chi connectivity index (χ1n) is 21.2. The molecule has 60 heavy (non-hydrogen) atoms. The molecule has 5 aromatic rings. The maximum absolute atomic E-state index is 13.8. The summed E-state index contributed by atoms with van der Waals surface area (Å²) < 4.78 is 8.72. The van der Waals surface area contributed by atoms with Crippen LogP contribution in [0.3, 0.4) is 0 Å². The second-order valence-electron chi connectivity index (χ2n) is 16.9. The summed E-state index contributed by atoms with van der Waals surface area (Å²) in [6.07, 6.45) is 9.72. The number of carbonyl (C=O) groups is 2. The minimum absolute atomic E-state index is 0.00684. The molecule has 0 radical (unpaired) electrons. The number of nitrogens with two attached hydrogens (primary N) is 1. The van der Waals surface area contributed by atoms with Gasteiger partial charge in [0.25, 0.3) is 5.91 Å². The molecule has 9 rings (SSSR count). The summed E-state index contributed by atoms with van der Waals surface area (Å²) in [7, 11) is 0. The van der Waals surface area contributed by atoms with Crippen LogP contribution < -0.4 is 10.6 Å². The zero-order chi connectivity index (χ0) is 41.5. The number of ether oxygens (including phenoxy) is 1. The van der Waals surface area contributed by atoms with E-state index in [4.69, 9.17) is 25.5 Å². The Labute approximate surface area is 353 Å². The molecule has 17 heteroatoms. The molecule has 3 saturated heterocycles. The predicted molar refractivity (Wildman–Crippen MR) is 228 cm³/mol. The number of benzene rings is 1. The van der Waals surface area contributed by atoms with E-state index in [-0.39, 0.29) is 40.8 Å². The Balaban J connectivity index is 0.765. The van der Waals surface area contributed by atoms with Gasteiger partial charge in [0.2, 0.25) is 11.9 Å². The number of phenols is 2. The number of rotatable bonds is 9. The summed E-state index contributed by atoms with van der Waals surface area (Å²) in [4.78, 5) is 55.2. The van der Waals surface area contributed by atoms with E-state index in [0.29, 0.717) is 55.9 Å². The fourth-order valence-electron chi connectivity index (χ4n) is 9.06. The van der Waals surface area contributed by atoms with Crippen LogP contribution in [-0.4, -0.2) is 125 Å². The van der Waals surface area contributed by atoms with Gasteiger partial charge < -0.3 is 35.4 Å². The molecule has 0 atom stereocenters. The molecule has 1 aromatic carbocycles. The van der Waals surface area contributed by atoms with Crippen LogP contribution in [0.5, 0.6) is 11.5 Å². The van der Waals surface area contributed by atoms with E-state index >= 15 is 0 Å². The number of aromatic nitrogens is 6. The van der Waals surface area contributed by atoms with Crippen LogP contribution in [0.1, 0.15) is 77.5 Å². The molecule has 4 aromatic heterocycles. The highest BCUT2D eigenvalue weighted by atomic mass is 32.1. The van der Waals surface area contributed by atoms with Crippen molar-refractivity contribution in [3.63, 3.8) is 0 Å². The minimum Gasteiger partial charge on any atom is -0.508 e. The van der Waals surface area contributed by atoms with E-state index < -0.39 is 0 Å². The highest BCUT2D eigenvalue weighted by molar-refractivity contribution is 7.19. The smallest absolute Gasteiger partial charge is 0.257 e. The molecule has 8 heterocycles. The number of aromatic hydroxyl groups is 2. The van der Waals surface area contributed by atoms with Gasteiger partial charge in [-0.2, -0.15) is 5.10 Å². The maximum atomic E-state index is 13.8. The average molecular weight is 836 g/mol. The Morgan fingerprint density at radius 2 is 1.67 bits per heavy atom. The molecule has 2 amide bonds. The van der Waals surface area contributed by atoms with Gasteiger partial charge >= 0.3 is 0 Å². The molecule has 16 nitrogen and oxygen atoms in total. The minimum atomic E-state index is -0.261. The van der Waals surface area contributed by atoms with Gasteiger partial charge in [-0.1, -0.05) is 13.8 Å². The molecule has 4 aliphatic rings. The third kappa shape index (κ3) is 8.34. The first kappa shape index (κ1) is 40.0. The molecule has 0 bridgehead atoms. The van der Waals surface area contributed by atoms with Crippen molar-refractivity contribution in [1.82, 2.24) is 44.4 Å². The maximum Gasteiger partial charge on any atom is 0.257 e. The lowest BCUT2D eigenvalue weighted by atomic mass is 9.92. The van der Waals surface area contributed by atoms with Gasteiger partial charge in [0.15, 0.2) is 11.6 Å². The fourth-order valence-corrected chi connectivity index (χ4v) is 10.2. The van der Waals surface area contributed by atoms with Crippen LogP contribution in [0.2, 0.25) is 0 Å². The Kier molecular flexibility index (Phi) is 11.3. The van der Waals surface area contributed by atoms with Crippen LogP contribution >= 0.6 is 11.3 Å². The SMILES string of the molecule is CC(C)c1cc(C(=O)N2CCc3cn(CC4CCN(C(=O)C5CCN(Cc6cc7nc(-c8cnc(N)nc8)nc(N8CCOCC8)c7s6)CC5)CC4)nc3C2)c(O)cc1O. The van der Waals surface area contributed by atoms with Gasteiger partial charge in [-0.15, -0.1) is 11.3 Å². The molecule has 0 unspecified atom stereocenters. The highest BCUT2D eigenvalue weighted by Gasteiger charge is 2.33. The quantitative estimate of drug-likeness (QED) is 0.186. The average Bonchev–Trinajstić information content (AvgIpc) is 3.86. The summed E-state index contributed by atoms with van der Waals surface area (Å²) in [5.41, 5.74) is 10.2. The molecule has 0 spiro atoms. The lowest BCUT2D eigenvalue weighted by Crippen LogP contribution is -2.45. The summed E-state index contributed by atoms with van der Waals surface area (Å²) in [5, 5.41) is 25.6. The van der Waals surface area contributed by atoms with E-state index in [0.717, 1.165) is 111 Å². The topological polar surface area (TPSA) is 192 Å². The molecule has 4 aliphatic heterocycles. The number of amides is 2. The van der Waals surface area contributed by atoms with Crippen molar-refractivity contribution in [3.05, 3.63) is 64.1 Å². The first-order valence-corrected chi connectivity index (χ1v) is 22.0. The monoisotopic (exact) mass is 835 g/mol. The number of piperidine rings is 2. The van der Waals surface area contributed by atoms with Crippen molar-refractivity contribution in [1.29, 1.82) is 0 Å². The molecule has 0 aliphatic carbocycles. The molecule has 4 N–H and O–H groups in total. The molecule has 0 saturated carbocycles. The second kappa shape index (κ2) is 16.9. The summed E-state index contributed by atoms with van der Waals surface area (Å²) >= 11 is 1.75. The van der Waals surface area contributed by atoms with Gasteiger partial charge in [0.05, 0.1) is 46.8 Å². The number of nitrogen functional groups attached to an aromatic ring is 1. The van der Waals surface area contributed by atoms with Crippen molar-refractivity contribution in [2.24, 2.45) is 11.8 Å². The number of likely N-dealkylation sites (tertiary alicyclic amines) is 2. The van der Waals surface area contributed by atoms with E-state index in [1.165, 1.54) is 10.9 Å². The van der Waals surface area contributed by atoms with Crippen molar-refractivity contribution < 1.29 is 24.5 Å². The van der Waals surface area contributed by atoms with Gasteiger partial charge in [-0.3, -0.25) is 19.2 Å². The van der Waals surface area contributed by atoms with E-state index in [2.05, 4.69) is 36.9 Å². The van der Waals surface area contributed by atoms with Crippen LogP contribution in [-0.2, 0) is 35.6 Å². The number of morpholine rings is 1. The standard InChI is InChI=1S/C43H53N11O5S/c1-26(2)32-18-33(37(56)19-36(32)55)42(58)53-12-7-29-23-54(49-35(29)25-53)22-27-3-10-52(11-4-27)41(57)28-5-8-50(9-6-28)24-31-17-34-38(60-31)40(51-13-15-59-16-14-51)48-39(47-34)30-20-45-43(44)46-21-30/h17-21,23,26-28,55-56H,3-16,22,24-25H2,1-2H3,(H2,44,45,46). The number of nitrogens with zero attached hydrogens (tertiary/aromatic N) is 10. The number of phenolic OH excluding ortho intramolecular Hbond substituents is 2. The second-order valence-corrected chi connectivity index (χ2v) is 18.1. The molecular weight excluding hydrogens is 783 g/mol. The number of fused-ring (bicyclic) bond motifs is 2. The van der Waals surface area contributed by atoms with Crippen LogP contribution in [0.4, 0.5) is 11.8 Å². The van der Waals surface area contributed by atoms with Crippen molar-refractivity contribution >= 4 is 45.1 Å². The third-order valence-corrected chi connectivity index (χ3v) is 13.6. The fraction of sp³-hybridized carbons (Fsp3) is 0.512. The van der Waals surface area contributed by atoms with Crippen molar-refractivity contribution in [2.45, 2.75) is 71.5 Å². The summed E-state index contributed by atoms with van der Waals surface area (Å²) in [6, 6.07) is 5.04. The normalized spacial score (nSPS) is 18.4. The molecule has 3 fully saturated rings. The molecular formula is C43H53N11O5S. The van der Waals surface area contributed by atoms with E-state index in [1.54, 1.807) is 34.7 Å². The van der Waals surface area contributed by atoms with Crippen LogP contribution in [0.15, 0.2) is 36.8 Å². The number of hydrogen-bond donors (Lipinski definition) is 3. The van der Waals surface area contributed by atoms with Gasteiger partial charge in [-0.05, 0) is 80.3 Å². The number of thiophene rings is 1. The lowest BCUT2D eigenvalue weighted by molar-refractivity contribution is -0.138. The predicted octanol–water partition coefficient (Wildman–Crippen LogP) is 4.65. The molecule has 316 valence electrons. The highest BCUT2D eigenvalue weighted by Crippen LogP contribution is 2.37. The Bertz CT molecular complexity index is 2360. The summed E-state index contributed by atoms with van der Waals surface area (Å²) in [6.45, 7) is 12.5. The van der Waals surface area contributed by atoms with E-state index in [9.17, 15) is 19.8 Å².